The average Bonchev–Trinajstić information content (AvgIpc) is 2.18. The van der Waals surface area contributed by atoms with Crippen molar-refractivity contribution in [2.75, 3.05) is 0 Å². The second-order valence-corrected chi connectivity index (χ2v) is 3.54. The largest absolute Gasteiger partial charge is 0.541 e. The Balaban J connectivity index is 0.00000196. The fraction of sp³-hybridized carbons (Fsp3) is 0.333. The third-order valence-corrected chi connectivity index (χ3v) is 2.04. The maximum atomic E-state index is 11.5. The Kier molecular flexibility index (Phi) is 6.35. The average molecular weight is 373 g/mol. The van der Waals surface area contributed by atoms with Crippen LogP contribution in [0.4, 0.5) is 0 Å². The van der Waals surface area contributed by atoms with Gasteiger partial charge in [0.25, 0.3) is 0 Å². The standard InChI is InChI=1S/C12H13O2.W/c1-9(2)12(14)11-5-3-10(4-6-11)7-8-13;/h3-6,9H,7H2,1-2H3;/q-1;. The summed E-state index contributed by atoms with van der Waals surface area (Å²) in [6.45, 7) is 3.74. The topological polar surface area (TPSA) is 34.1 Å². The predicted octanol–water partition coefficient (Wildman–Crippen LogP) is 2.17. The van der Waals surface area contributed by atoms with Crippen molar-refractivity contribution in [3.05, 3.63) is 35.4 Å². The van der Waals surface area contributed by atoms with E-state index in [0.29, 0.717) is 5.56 Å². The van der Waals surface area contributed by atoms with Gasteiger partial charge in [-0.2, -0.15) is 0 Å². The monoisotopic (exact) mass is 373 g/mol. The van der Waals surface area contributed by atoms with Gasteiger partial charge in [-0.15, -0.1) is 6.42 Å². The minimum Gasteiger partial charge on any atom is -0.541 e. The molecule has 0 fully saturated rings. The third kappa shape index (κ3) is 4.09. The third-order valence-electron chi connectivity index (χ3n) is 2.04. The number of carbonyl (C=O) groups excluding carboxylic acids is 2. The van der Waals surface area contributed by atoms with Crippen molar-refractivity contribution >= 4 is 12.1 Å². The van der Waals surface area contributed by atoms with Crippen LogP contribution in [-0.2, 0) is 32.3 Å². The summed E-state index contributed by atoms with van der Waals surface area (Å²) < 4.78 is 0. The van der Waals surface area contributed by atoms with Gasteiger partial charge in [0.05, 0.1) is 0 Å². The van der Waals surface area contributed by atoms with Crippen LogP contribution in [0.5, 0.6) is 0 Å². The Labute approximate surface area is 104 Å². The van der Waals surface area contributed by atoms with E-state index in [-0.39, 0.29) is 39.2 Å². The molecule has 1 aromatic rings. The number of Topliss-reactive ketones (excluding diaryl/α,β-unsaturated/α-hetero) is 1. The molecule has 0 aromatic heterocycles. The number of ketones is 1. The first-order valence-electron chi connectivity index (χ1n) is 4.63. The van der Waals surface area contributed by atoms with Crippen LogP contribution in [0.2, 0.25) is 0 Å². The minimum atomic E-state index is 0. The SMILES string of the molecule is CC(C)C(=O)c1ccc(C[C-]=O)cc1.[W]. The van der Waals surface area contributed by atoms with E-state index in [9.17, 15) is 9.59 Å². The molecule has 0 aliphatic carbocycles. The molecule has 0 amide bonds. The molecule has 1 rings (SSSR count). The zero-order valence-electron chi connectivity index (χ0n) is 8.82. The van der Waals surface area contributed by atoms with Gasteiger partial charge < -0.3 is 4.79 Å². The molecule has 0 saturated carbocycles. The summed E-state index contributed by atoms with van der Waals surface area (Å²) in [6.07, 6.45) is 2.11. The fourth-order valence-electron chi connectivity index (χ4n) is 1.20. The van der Waals surface area contributed by atoms with Crippen LogP contribution in [0.15, 0.2) is 24.3 Å². The zero-order valence-corrected chi connectivity index (χ0v) is 11.8. The van der Waals surface area contributed by atoms with Crippen molar-refractivity contribution in [2.45, 2.75) is 20.3 Å². The Morgan fingerprint density at radius 2 is 1.80 bits per heavy atom. The van der Waals surface area contributed by atoms with E-state index < -0.39 is 0 Å². The number of benzene rings is 1. The number of rotatable bonds is 4. The molecule has 2 nitrogen and oxygen atoms in total. The molecule has 0 aliphatic rings. The fourth-order valence-corrected chi connectivity index (χ4v) is 1.20. The van der Waals surface area contributed by atoms with Crippen molar-refractivity contribution in [2.24, 2.45) is 5.92 Å². The van der Waals surface area contributed by atoms with Crippen LogP contribution in [0.25, 0.3) is 0 Å². The summed E-state index contributed by atoms with van der Waals surface area (Å²) >= 11 is 0. The van der Waals surface area contributed by atoms with Crippen molar-refractivity contribution in [1.29, 1.82) is 0 Å². The maximum Gasteiger partial charge on any atom is 0.165 e. The Morgan fingerprint density at radius 3 is 2.20 bits per heavy atom. The van der Waals surface area contributed by atoms with Crippen LogP contribution in [0, 0.1) is 5.92 Å². The summed E-state index contributed by atoms with van der Waals surface area (Å²) in [4.78, 5) is 21.6. The molecule has 0 atom stereocenters. The second-order valence-electron chi connectivity index (χ2n) is 3.54. The normalized spacial score (nSPS) is 9.53. The summed E-state index contributed by atoms with van der Waals surface area (Å²) in [7, 11) is 0. The first-order chi connectivity index (χ1) is 6.65. The molecule has 15 heavy (non-hydrogen) atoms. The van der Waals surface area contributed by atoms with Crippen LogP contribution in [-0.4, -0.2) is 12.1 Å². The predicted molar refractivity (Wildman–Crippen MR) is 55.0 cm³/mol. The maximum absolute atomic E-state index is 11.5. The molecule has 0 aliphatic heterocycles. The van der Waals surface area contributed by atoms with Gasteiger partial charge >= 0.3 is 0 Å². The van der Waals surface area contributed by atoms with E-state index in [1.807, 2.05) is 20.1 Å². The van der Waals surface area contributed by atoms with Gasteiger partial charge in [0.2, 0.25) is 0 Å². The van der Waals surface area contributed by atoms with Gasteiger partial charge in [0.15, 0.2) is 5.78 Å². The van der Waals surface area contributed by atoms with Gasteiger partial charge in [0.1, 0.15) is 0 Å². The Bertz CT molecular complexity index is 328. The molecular weight excluding hydrogens is 360 g/mol. The smallest absolute Gasteiger partial charge is 0.165 e. The van der Waals surface area contributed by atoms with Crippen molar-refractivity contribution in [3.8, 4) is 0 Å². The first-order valence-corrected chi connectivity index (χ1v) is 4.63. The van der Waals surface area contributed by atoms with Gasteiger partial charge in [-0.1, -0.05) is 43.7 Å². The van der Waals surface area contributed by atoms with E-state index in [1.54, 1.807) is 24.3 Å². The van der Waals surface area contributed by atoms with Gasteiger partial charge in [0, 0.05) is 32.5 Å². The quantitative estimate of drug-likeness (QED) is 0.599. The van der Waals surface area contributed by atoms with E-state index in [0.717, 1.165) is 5.56 Å². The number of hydrogen-bond acceptors (Lipinski definition) is 2. The molecule has 1 aromatic carbocycles. The van der Waals surface area contributed by atoms with Crippen molar-refractivity contribution in [1.82, 2.24) is 0 Å². The molecular formula is C12H13O2W-. The van der Waals surface area contributed by atoms with Gasteiger partial charge in [-0.25, -0.2) is 0 Å². The van der Waals surface area contributed by atoms with Crippen LogP contribution in [0.1, 0.15) is 29.8 Å². The zero-order chi connectivity index (χ0) is 10.6. The molecule has 0 N–H and O–H groups in total. The molecule has 0 bridgehead atoms. The number of carbonyl (C=O) groups is 1. The molecule has 0 saturated heterocycles. The molecule has 0 heterocycles. The van der Waals surface area contributed by atoms with Crippen molar-refractivity contribution < 1.29 is 30.7 Å². The minimum absolute atomic E-state index is 0. The van der Waals surface area contributed by atoms with Crippen LogP contribution >= 0.6 is 0 Å². The summed E-state index contributed by atoms with van der Waals surface area (Å²) in [5.74, 6) is 0.144. The molecule has 0 spiro atoms. The van der Waals surface area contributed by atoms with E-state index in [1.165, 1.54) is 0 Å². The van der Waals surface area contributed by atoms with E-state index in [2.05, 4.69) is 0 Å². The Morgan fingerprint density at radius 1 is 1.27 bits per heavy atom. The molecule has 0 unspecified atom stereocenters. The second kappa shape index (κ2) is 6.68. The molecule has 3 heteroatoms. The van der Waals surface area contributed by atoms with Gasteiger partial charge in [-0.05, 0) is 0 Å². The number of hydrogen-bond donors (Lipinski definition) is 0. The first kappa shape index (κ1) is 14.2. The molecule has 0 radical (unpaired) electrons. The van der Waals surface area contributed by atoms with E-state index in [4.69, 9.17) is 0 Å². The van der Waals surface area contributed by atoms with Gasteiger partial charge in [-0.3, -0.25) is 11.1 Å². The van der Waals surface area contributed by atoms with E-state index >= 15 is 0 Å². The van der Waals surface area contributed by atoms with Crippen molar-refractivity contribution in [3.63, 3.8) is 0 Å². The Hall–Kier alpha value is -0.752. The summed E-state index contributed by atoms with van der Waals surface area (Å²) in [5, 5.41) is 0. The van der Waals surface area contributed by atoms with Crippen LogP contribution in [0.3, 0.4) is 0 Å². The summed E-state index contributed by atoms with van der Waals surface area (Å²) in [6, 6.07) is 7.10. The van der Waals surface area contributed by atoms with Crippen LogP contribution < -0.4 is 0 Å². The molecule has 80 valence electrons. The summed E-state index contributed by atoms with van der Waals surface area (Å²) in [5.41, 5.74) is 1.59.